The zero-order valence-corrected chi connectivity index (χ0v) is 13.0. The number of alkyl halides is 9. The molecule has 3 nitrogen and oxygen atoms in total. The Bertz CT molecular complexity index is 621. The number of carbonyl (C=O) groups excluding carboxylic acids is 1. The summed E-state index contributed by atoms with van der Waals surface area (Å²) in [6.07, 6.45) is -17.9. The number of amides is 1. The molecular weight excluding hydrogens is 383 g/mol. The van der Waals surface area contributed by atoms with E-state index in [9.17, 15) is 44.3 Å². The van der Waals surface area contributed by atoms with Crippen molar-refractivity contribution in [3.05, 3.63) is 29.8 Å². The van der Waals surface area contributed by atoms with Gasteiger partial charge in [0.2, 0.25) is 5.91 Å². The van der Waals surface area contributed by atoms with Crippen molar-refractivity contribution >= 4 is 11.6 Å². The minimum absolute atomic E-state index is 0.0405. The van der Waals surface area contributed by atoms with E-state index >= 15 is 0 Å². The molecular formula is C14H13F9N2O. The van der Waals surface area contributed by atoms with Gasteiger partial charge >= 0.3 is 24.2 Å². The van der Waals surface area contributed by atoms with E-state index in [1.165, 1.54) is 6.92 Å². The van der Waals surface area contributed by atoms with E-state index in [0.717, 1.165) is 10.6 Å². The average Bonchev–Trinajstić information content (AvgIpc) is 2.43. The number of rotatable bonds is 5. The van der Waals surface area contributed by atoms with Gasteiger partial charge in [0.1, 0.15) is 0 Å². The van der Waals surface area contributed by atoms with Gasteiger partial charge in [-0.25, -0.2) is 0 Å². The van der Waals surface area contributed by atoms with Gasteiger partial charge in [-0.2, -0.15) is 39.5 Å². The summed E-state index contributed by atoms with van der Waals surface area (Å²) >= 11 is 0. The first-order chi connectivity index (χ1) is 11.6. The standard InChI is InChI=1S/C14H13F9N2O/c1-2-4-10(26)25-12(13(18,19)20,14(21,22)23)24-9-6-3-5-8(7-9)11(15,16)17/h3,5-7,24H,2,4H2,1H3,(H,25,26). The molecule has 0 aliphatic carbocycles. The molecule has 1 aromatic rings. The highest BCUT2D eigenvalue weighted by Crippen LogP contribution is 2.44. The molecule has 0 aliphatic rings. The Morgan fingerprint density at radius 2 is 1.50 bits per heavy atom. The lowest BCUT2D eigenvalue weighted by Crippen LogP contribution is -2.72. The fraction of sp³-hybridized carbons (Fsp3) is 0.500. The summed E-state index contributed by atoms with van der Waals surface area (Å²) in [7, 11) is 0. The van der Waals surface area contributed by atoms with Crippen LogP contribution in [0.1, 0.15) is 25.3 Å². The Balaban J connectivity index is 3.44. The van der Waals surface area contributed by atoms with Crippen LogP contribution in [0.5, 0.6) is 0 Å². The Morgan fingerprint density at radius 3 is 1.92 bits per heavy atom. The lowest BCUT2D eigenvalue weighted by Gasteiger charge is -2.39. The number of hydrogen-bond acceptors (Lipinski definition) is 2. The third-order valence-corrected chi connectivity index (χ3v) is 3.18. The van der Waals surface area contributed by atoms with Crippen molar-refractivity contribution in [1.82, 2.24) is 5.32 Å². The van der Waals surface area contributed by atoms with Gasteiger partial charge in [0.05, 0.1) is 5.56 Å². The van der Waals surface area contributed by atoms with Crippen LogP contribution in [0, 0.1) is 0 Å². The maximum Gasteiger partial charge on any atom is 0.439 e. The molecule has 26 heavy (non-hydrogen) atoms. The molecule has 0 saturated carbocycles. The lowest BCUT2D eigenvalue weighted by atomic mass is 10.1. The fourth-order valence-electron chi connectivity index (χ4n) is 1.96. The van der Waals surface area contributed by atoms with E-state index < -0.39 is 47.8 Å². The van der Waals surface area contributed by atoms with Crippen LogP contribution >= 0.6 is 0 Å². The topological polar surface area (TPSA) is 41.1 Å². The molecule has 0 heterocycles. The summed E-state index contributed by atoms with van der Waals surface area (Å²) in [4.78, 5) is 11.4. The van der Waals surface area contributed by atoms with E-state index in [1.54, 1.807) is 0 Å². The molecule has 0 saturated heterocycles. The molecule has 0 unspecified atom stereocenters. The SMILES string of the molecule is CCCC(=O)NC(Nc1cccc(C(F)(F)F)c1)(C(F)(F)F)C(F)(F)F. The Labute approximate surface area is 141 Å². The first-order valence-corrected chi connectivity index (χ1v) is 7.04. The third kappa shape index (κ3) is 4.73. The van der Waals surface area contributed by atoms with Gasteiger partial charge in [0.15, 0.2) is 0 Å². The smallest absolute Gasteiger partial charge is 0.348 e. The summed E-state index contributed by atoms with van der Waals surface area (Å²) in [6.45, 7) is 1.35. The number of hydrogen-bond donors (Lipinski definition) is 2. The number of halogens is 9. The second-order valence-corrected chi connectivity index (χ2v) is 5.25. The number of carbonyl (C=O) groups is 1. The highest BCUT2D eigenvalue weighted by molar-refractivity contribution is 5.77. The van der Waals surface area contributed by atoms with Crippen LogP contribution in [0.4, 0.5) is 45.2 Å². The molecule has 148 valence electrons. The van der Waals surface area contributed by atoms with Gasteiger partial charge in [-0.15, -0.1) is 0 Å². The van der Waals surface area contributed by atoms with E-state index in [2.05, 4.69) is 0 Å². The van der Waals surface area contributed by atoms with E-state index in [4.69, 9.17) is 0 Å². The third-order valence-electron chi connectivity index (χ3n) is 3.18. The highest BCUT2D eigenvalue weighted by Gasteiger charge is 2.72. The molecule has 0 atom stereocenters. The van der Waals surface area contributed by atoms with Crippen LogP contribution in [0.25, 0.3) is 0 Å². The van der Waals surface area contributed by atoms with Crippen molar-refractivity contribution in [1.29, 1.82) is 0 Å². The van der Waals surface area contributed by atoms with Crippen LogP contribution in [-0.4, -0.2) is 23.9 Å². The minimum atomic E-state index is -6.09. The summed E-state index contributed by atoms with van der Waals surface area (Å²) in [6, 6.07) is 1.78. The Morgan fingerprint density at radius 1 is 0.962 bits per heavy atom. The van der Waals surface area contributed by atoms with Crippen LogP contribution in [-0.2, 0) is 11.0 Å². The van der Waals surface area contributed by atoms with Gasteiger partial charge in [-0.3, -0.25) is 4.79 Å². The highest BCUT2D eigenvalue weighted by atomic mass is 19.4. The molecule has 0 fully saturated rings. The molecule has 0 aliphatic heterocycles. The van der Waals surface area contributed by atoms with Crippen LogP contribution in [0.3, 0.4) is 0 Å². The van der Waals surface area contributed by atoms with Crippen LogP contribution < -0.4 is 10.6 Å². The van der Waals surface area contributed by atoms with Gasteiger partial charge in [0, 0.05) is 12.1 Å². The second-order valence-electron chi connectivity index (χ2n) is 5.25. The summed E-state index contributed by atoms with van der Waals surface area (Å²) in [5.74, 6) is -1.57. The predicted octanol–water partition coefficient (Wildman–Crippen LogP) is 4.85. The maximum atomic E-state index is 13.3. The molecule has 1 aromatic carbocycles. The van der Waals surface area contributed by atoms with Gasteiger partial charge in [-0.05, 0) is 24.6 Å². The fourth-order valence-corrected chi connectivity index (χ4v) is 1.96. The van der Waals surface area contributed by atoms with Crippen LogP contribution in [0.2, 0.25) is 0 Å². The largest absolute Gasteiger partial charge is 0.439 e. The number of benzene rings is 1. The van der Waals surface area contributed by atoms with Crippen molar-refractivity contribution in [3.8, 4) is 0 Å². The molecule has 0 aromatic heterocycles. The van der Waals surface area contributed by atoms with Gasteiger partial charge < -0.3 is 10.6 Å². The van der Waals surface area contributed by atoms with Crippen molar-refractivity contribution in [3.63, 3.8) is 0 Å². The lowest BCUT2D eigenvalue weighted by molar-refractivity contribution is -0.295. The zero-order valence-electron chi connectivity index (χ0n) is 13.0. The van der Waals surface area contributed by atoms with Gasteiger partial charge in [-0.1, -0.05) is 13.0 Å². The van der Waals surface area contributed by atoms with E-state index in [0.29, 0.717) is 18.2 Å². The van der Waals surface area contributed by atoms with Crippen LogP contribution in [0.15, 0.2) is 24.3 Å². The zero-order chi connectivity index (χ0) is 20.4. The monoisotopic (exact) mass is 396 g/mol. The van der Waals surface area contributed by atoms with Crippen molar-refractivity contribution in [2.75, 3.05) is 5.32 Å². The summed E-state index contributed by atoms with van der Waals surface area (Å²) in [5.41, 5.74) is -7.52. The second kappa shape index (κ2) is 7.23. The first kappa shape index (κ1) is 21.9. The maximum absolute atomic E-state index is 13.3. The molecule has 1 rings (SSSR count). The number of nitrogens with one attached hydrogen (secondary N) is 2. The molecule has 0 bridgehead atoms. The molecule has 0 spiro atoms. The van der Waals surface area contributed by atoms with Crippen molar-refractivity contribution < 1.29 is 44.3 Å². The molecule has 12 heteroatoms. The minimum Gasteiger partial charge on any atom is -0.348 e. The summed E-state index contributed by atoms with van der Waals surface area (Å²) in [5, 5.41) is 1.83. The average molecular weight is 396 g/mol. The van der Waals surface area contributed by atoms with E-state index in [1.807, 2.05) is 0 Å². The van der Waals surface area contributed by atoms with Gasteiger partial charge in [0.25, 0.3) is 0 Å². The Kier molecular flexibility index (Phi) is 6.09. The quantitative estimate of drug-likeness (QED) is 0.552. The first-order valence-electron chi connectivity index (χ1n) is 7.04. The number of anilines is 1. The molecule has 1 amide bonds. The Hall–Kier alpha value is -2.14. The van der Waals surface area contributed by atoms with E-state index in [-0.39, 0.29) is 12.5 Å². The summed E-state index contributed by atoms with van der Waals surface area (Å²) < 4.78 is 118. The molecule has 2 N–H and O–H groups in total. The molecule has 0 radical (unpaired) electrons. The van der Waals surface area contributed by atoms with Crippen molar-refractivity contribution in [2.45, 2.75) is 44.0 Å². The normalized spacial score (nSPS) is 13.5. The predicted molar refractivity (Wildman–Crippen MR) is 73.0 cm³/mol. The van der Waals surface area contributed by atoms with Crippen molar-refractivity contribution in [2.24, 2.45) is 0 Å².